The van der Waals surface area contributed by atoms with Crippen molar-refractivity contribution < 1.29 is 0 Å². The van der Waals surface area contributed by atoms with Crippen molar-refractivity contribution in [1.82, 2.24) is 10.2 Å². The first-order valence-electron chi connectivity index (χ1n) is 7.63. The highest BCUT2D eigenvalue weighted by molar-refractivity contribution is 4.68. The van der Waals surface area contributed by atoms with Gasteiger partial charge in [0.15, 0.2) is 0 Å². The van der Waals surface area contributed by atoms with E-state index in [1.165, 1.54) is 51.6 Å². The monoisotopic (exact) mass is 242 g/mol. The van der Waals surface area contributed by atoms with E-state index < -0.39 is 0 Å². The Labute approximate surface area is 109 Å². The molecule has 2 heteroatoms. The maximum absolute atomic E-state index is 3.63. The van der Waals surface area contributed by atoms with Crippen LogP contribution in [0.15, 0.2) is 0 Å². The summed E-state index contributed by atoms with van der Waals surface area (Å²) in [5.74, 6) is 0. The minimum atomic E-state index is 0.727. The molecular formula is C15H34N2. The van der Waals surface area contributed by atoms with Gasteiger partial charge >= 0.3 is 0 Å². The molecule has 0 aliphatic heterocycles. The van der Waals surface area contributed by atoms with Gasteiger partial charge in [0.25, 0.3) is 0 Å². The fourth-order valence-corrected chi connectivity index (χ4v) is 2.48. The molecule has 2 nitrogen and oxygen atoms in total. The zero-order chi connectivity index (χ0) is 13.1. The van der Waals surface area contributed by atoms with Crippen LogP contribution in [-0.4, -0.2) is 37.1 Å². The summed E-state index contributed by atoms with van der Waals surface area (Å²) in [7, 11) is 2.28. The molecule has 0 bridgehead atoms. The smallest absolute Gasteiger partial charge is 0.00869 e. The molecule has 1 unspecified atom stereocenters. The zero-order valence-corrected chi connectivity index (χ0v) is 12.8. The average molecular weight is 242 g/mol. The molecule has 0 radical (unpaired) electrons. The van der Waals surface area contributed by atoms with Crippen molar-refractivity contribution in [2.45, 2.75) is 78.3 Å². The Kier molecular flexibility index (Phi) is 11.0. The molecule has 0 aromatic carbocycles. The highest BCUT2D eigenvalue weighted by Crippen LogP contribution is 2.09. The molecule has 1 N–H and O–H groups in total. The van der Waals surface area contributed by atoms with Crippen LogP contribution in [0.5, 0.6) is 0 Å². The van der Waals surface area contributed by atoms with Crippen LogP contribution in [0.4, 0.5) is 0 Å². The summed E-state index contributed by atoms with van der Waals surface area (Å²) in [6.07, 6.45) is 7.69. The van der Waals surface area contributed by atoms with Crippen LogP contribution >= 0.6 is 0 Å². The van der Waals surface area contributed by atoms with Crippen molar-refractivity contribution in [3.05, 3.63) is 0 Å². The molecule has 0 amide bonds. The first-order chi connectivity index (χ1) is 8.19. The predicted octanol–water partition coefficient (Wildman–Crippen LogP) is 3.67. The molecule has 17 heavy (non-hydrogen) atoms. The average Bonchev–Trinajstić information content (AvgIpc) is 2.35. The van der Waals surface area contributed by atoms with E-state index in [4.69, 9.17) is 0 Å². The van der Waals surface area contributed by atoms with Gasteiger partial charge in [-0.2, -0.15) is 0 Å². The lowest BCUT2D eigenvalue weighted by molar-refractivity contribution is 0.222. The normalized spacial score (nSPS) is 13.6. The van der Waals surface area contributed by atoms with Gasteiger partial charge in [0, 0.05) is 12.1 Å². The summed E-state index contributed by atoms with van der Waals surface area (Å²) in [4.78, 5) is 2.53. The second-order valence-corrected chi connectivity index (χ2v) is 5.15. The number of hydrogen-bond donors (Lipinski definition) is 1. The number of nitrogens with one attached hydrogen (secondary N) is 1. The number of rotatable bonds is 11. The maximum atomic E-state index is 3.63. The molecule has 0 aromatic rings. The van der Waals surface area contributed by atoms with Crippen molar-refractivity contribution >= 4 is 0 Å². The molecular weight excluding hydrogens is 208 g/mol. The van der Waals surface area contributed by atoms with E-state index in [-0.39, 0.29) is 0 Å². The van der Waals surface area contributed by atoms with Gasteiger partial charge in [-0.3, -0.25) is 0 Å². The van der Waals surface area contributed by atoms with Gasteiger partial charge in [0.05, 0.1) is 0 Å². The first kappa shape index (κ1) is 16.9. The van der Waals surface area contributed by atoms with E-state index in [9.17, 15) is 0 Å². The number of nitrogens with zero attached hydrogens (tertiary/aromatic N) is 1. The topological polar surface area (TPSA) is 15.3 Å². The Morgan fingerprint density at radius 2 is 1.65 bits per heavy atom. The van der Waals surface area contributed by atoms with Gasteiger partial charge in [0.2, 0.25) is 0 Å². The van der Waals surface area contributed by atoms with E-state index in [2.05, 4.69) is 45.0 Å². The second kappa shape index (κ2) is 11.0. The molecule has 0 aliphatic rings. The maximum Gasteiger partial charge on any atom is 0.00869 e. The van der Waals surface area contributed by atoms with Crippen molar-refractivity contribution in [1.29, 1.82) is 0 Å². The molecule has 0 aliphatic carbocycles. The highest BCUT2D eigenvalue weighted by Gasteiger charge is 2.11. The van der Waals surface area contributed by atoms with Crippen LogP contribution in [-0.2, 0) is 0 Å². The Balaban J connectivity index is 3.71. The first-order valence-corrected chi connectivity index (χ1v) is 7.63. The van der Waals surface area contributed by atoms with Gasteiger partial charge in [-0.05, 0) is 58.7 Å². The van der Waals surface area contributed by atoms with Gasteiger partial charge in [-0.15, -0.1) is 0 Å². The lowest BCUT2D eigenvalue weighted by atomic mass is 10.1. The van der Waals surface area contributed by atoms with E-state index in [1.807, 2.05) is 0 Å². The Hall–Kier alpha value is -0.0800. The van der Waals surface area contributed by atoms with Crippen LogP contribution in [0.1, 0.15) is 66.2 Å². The van der Waals surface area contributed by atoms with Gasteiger partial charge in [-0.1, -0.05) is 27.7 Å². The summed E-state index contributed by atoms with van der Waals surface area (Å²) in [6, 6.07) is 1.50. The molecule has 0 heterocycles. The molecule has 1 atom stereocenters. The van der Waals surface area contributed by atoms with Gasteiger partial charge in [-0.25, -0.2) is 0 Å². The van der Waals surface area contributed by atoms with E-state index in [0.717, 1.165) is 12.1 Å². The highest BCUT2D eigenvalue weighted by atomic mass is 15.1. The molecule has 0 rings (SSSR count). The third kappa shape index (κ3) is 7.77. The Bertz CT molecular complexity index is 155. The molecule has 0 saturated carbocycles. The van der Waals surface area contributed by atoms with Gasteiger partial charge < -0.3 is 10.2 Å². The summed E-state index contributed by atoms with van der Waals surface area (Å²) >= 11 is 0. The summed E-state index contributed by atoms with van der Waals surface area (Å²) in [5, 5.41) is 3.63. The lowest BCUT2D eigenvalue weighted by Crippen LogP contribution is -2.33. The van der Waals surface area contributed by atoms with Crippen molar-refractivity contribution in [3.63, 3.8) is 0 Å². The number of hydrogen-bond acceptors (Lipinski definition) is 2. The zero-order valence-electron chi connectivity index (χ0n) is 12.8. The molecule has 104 valence electrons. The second-order valence-electron chi connectivity index (χ2n) is 5.15. The molecule has 0 aromatic heterocycles. The fourth-order valence-electron chi connectivity index (χ4n) is 2.48. The third-order valence-electron chi connectivity index (χ3n) is 3.81. The standard InChI is InChI=1S/C15H34N2/c1-6-12-16-14(7-2)11-10-13-17(5)15(8-3)9-4/h14-16H,6-13H2,1-5H3. The van der Waals surface area contributed by atoms with E-state index in [0.29, 0.717) is 0 Å². The van der Waals surface area contributed by atoms with Crippen LogP contribution in [0.25, 0.3) is 0 Å². The van der Waals surface area contributed by atoms with Crippen molar-refractivity contribution in [3.8, 4) is 0 Å². The van der Waals surface area contributed by atoms with Crippen LogP contribution in [0.2, 0.25) is 0 Å². The fraction of sp³-hybridized carbons (Fsp3) is 1.00. The summed E-state index contributed by atoms with van der Waals surface area (Å²) in [5.41, 5.74) is 0. The van der Waals surface area contributed by atoms with Crippen LogP contribution < -0.4 is 5.32 Å². The Morgan fingerprint density at radius 3 is 2.12 bits per heavy atom. The third-order valence-corrected chi connectivity index (χ3v) is 3.81. The minimum Gasteiger partial charge on any atom is -0.314 e. The van der Waals surface area contributed by atoms with Crippen molar-refractivity contribution in [2.24, 2.45) is 0 Å². The van der Waals surface area contributed by atoms with E-state index >= 15 is 0 Å². The van der Waals surface area contributed by atoms with Gasteiger partial charge in [0.1, 0.15) is 0 Å². The largest absolute Gasteiger partial charge is 0.314 e. The minimum absolute atomic E-state index is 0.727. The molecule has 0 spiro atoms. The molecule has 0 saturated heterocycles. The predicted molar refractivity (Wildman–Crippen MR) is 78.6 cm³/mol. The van der Waals surface area contributed by atoms with Crippen LogP contribution in [0, 0.1) is 0 Å². The summed E-state index contributed by atoms with van der Waals surface area (Å²) < 4.78 is 0. The summed E-state index contributed by atoms with van der Waals surface area (Å²) in [6.45, 7) is 11.5. The van der Waals surface area contributed by atoms with Crippen molar-refractivity contribution in [2.75, 3.05) is 20.1 Å². The lowest BCUT2D eigenvalue weighted by Gasteiger charge is -2.26. The Morgan fingerprint density at radius 1 is 1.00 bits per heavy atom. The SMILES string of the molecule is CCCNC(CC)CCCN(C)C(CC)CC. The molecule has 0 fully saturated rings. The quantitative estimate of drug-likeness (QED) is 0.595. The van der Waals surface area contributed by atoms with E-state index in [1.54, 1.807) is 0 Å². The van der Waals surface area contributed by atoms with Crippen LogP contribution in [0.3, 0.4) is 0 Å².